The topological polar surface area (TPSA) is 88.6 Å². The molecule has 0 aliphatic heterocycles. The van der Waals surface area contributed by atoms with Crippen molar-refractivity contribution in [3.63, 3.8) is 0 Å². The summed E-state index contributed by atoms with van der Waals surface area (Å²) in [4.78, 5) is 29.0. The second kappa shape index (κ2) is 6.99. The lowest BCUT2D eigenvalue weighted by molar-refractivity contribution is 0.0937. The van der Waals surface area contributed by atoms with E-state index in [1.165, 1.54) is 0 Å². The molecule has 0 aromatic carbocycles. The second-order valence-electron chi connectivity index (χ2n) is 5.26. The number of pyridine rings is 1. The van der Waals surface area contributed by atoms with E-state index >= 15 is 0 Å². The fraction of sp³-hybridized carbons (Fsp3) is 0.235. The van der Waals surface area contributed by atoms with Gasteiger partial charge in [-0.05, 0) is 30.7 Å². The zero-order valence-electron chi connectivity index (χ0n) is 13.3. The molecule has 0 saturated heterocycles. The molecule has 3 heterocycles. The molecule has 0 spiro atoms. The standard InChI is InChI=1S/C17H18N4O3/c1-2-8-18-16(22)14-13-7-3-4-9-21(13)15(20-14)17(23)19-11-12-6-5-10-24-12/h3-7,9-10H,2,8,11H2,1H3,(H,18,22)(H,19,23). The van der Waals surface area contributed by atoms with E-state index in [1.54, 1.807) is 47.2 Å². The summed E-state index contributed by atoms with van der Waals surface area (Å²) in [6.45, 7) is 2.79. The zero-order valence-corrected chi connectivity index (χ0v) is 13.3. The van der Waals surface area contributed by atoms with Crippen LogP contribution in [0.15, 0.2) is 47.2 Å². The molecular weight excluding hydrogens is 308 g/mol. The highest BCUT2D eigenvalue weighted by atomic mass is 16.3. The van der Waals surface area contributed by atoms with Crippen molar-refractivity contribution >= 4 is 17.3 Å². The number of hydrogen-bond donors (Lipinski definition) is 2. The Morgan fingerprint density at radius 2 is 2.04 bits per heavy atom. The van der Waals surface area contributed by atoms with Gasteiger partial charge < -0.3 is 15.1 Å². The number of nitrogens with one attached hydrogen (secondary N) is 2. The van der Waals surface area contributed by atoms with Gasteiger partial charge in [0.15, 0.2) is 5.69 Å². The van der Waals surface area contributed by atoms with E-state index in [0.717, 1.165) is 6.42 Å². The first-order chi connectivity index (χ1) is 11.7. The predicted molar refractivity (Wildman–Crippen MR) is 87.7 cm³/mol. The van der Waals surface area contributed by atoms with E-state index in [4.69, 9.17) is 4.42 Å². The molecule has 3 aromatic rings. The minimum atomic E-state index is -0.373. The van der Waals surface area contributed by atoms with Gasteiger partial charge in [-0.1, -0.05) is 13.0 Å². The summed E-state index contributed by atoms with van der Waals surface area (Å²) in [7, 11) is 0. The first-order valence-corrected chi connectivity index (χ1v) is 7.76. The van der Waals surface area contributed by atoms with E-state index in [2.05, 4.69) is 15.6 Å². The van der Waals surface area contributed by atoms with Crippen LogP contribution in [0.5, 0.6) is 0 Å². The van der Waals surface area contributed by atoms with Crippen molar-refractivity contribution < 1.29 is 14.0 Å². The average Bonchev–Trinajstić information content (AvgIpc) is 3.25. The number of imidazole rings is 1. The molecule has 0 unspecified atom stereocenters. The fourth-order valence-electron chi connectivity index (χ4n) is 2.35. The third-order valence-corrected chi connectivity index (χ3v) is 3.51. The number of aromatic nitrogens is 2. The molecule has 0 bridgehead atoms. The number of furan rings is 1. The van der Waals surface area contributed by atoms with Gasteiger partial charge in [0.1, 0.15) is 5.76 Å². The van der Waals surface area contributed by atoms with Crippen LogP contribution in [0.1, 0.15) is 40.2 Å². The molecule has 0 aliphatic carbocycles. The minimum Gasteiger partial charge on any atom is -0.467 e. The van der Waals surface area contributed by atoms with E-state index in [0.29, 0.717) is 17.8 Å². The zero-order chi connectivity index (χ0) is 16.9. The summed E-state index contributed by atoms with van der Waals surface area (Å²) in [5, 5.41) is 5.53. The van der Waals surface area contributed by atoms with Gasteiger partial charge in [0.2, 0.25) is 5.82 Å². The smallest absolute Gasteiger partial charge is 0.288 e. The van der Waals surface area contributed by atoms with Crippen LogP contribution in [0.3, 0.4) is 0 Å². The monoisotopic (exact) mass is 326 g/mol. The van der Waals surface area contributed by atoms with E-state index in [1.807, 2.05) is 6.92 Å². The Morgan fingerprint density at radius 1 is 1.17 bits per heavy atom. The first-order valence-electron chi connectivity index (χ1n) is 7.76. The van der Waals surface area contributed by atoms with Gasteiger partial charge in [0.05, 0.1) is 18.3 Å². The van der Waals surface area contributed by atoms with Gasteiger partial charge in [0.25, 0.3) is 11.8 Å². The highest BCUT2D eigenvalue weighted by molar-refractivity contribution is 6.02. The number of amides is 2. The Morgan fingerprint density at radius 3 is 2.79 bits per heavy atom. The molecule has 3 rings (SSSR count). The quantitative estimate of drug-likeness (QED) is 0.725. The molecule has 2 N–H and O–H groups in total. The summed E-state index contributed by atoms with van der Waals surface area (Å²) in [6.07, 6.45) is 4.08. The number of carbonyl (C=O) groups is 2. The molecule has 0 atom stereocenters. The van der Waals surface area contributed by atoms with Crippen LogP contribution < -0.4 is 10.6 Å². The van der Waals surface area contributed by atoms with Crippen LogP contribution >= 0.6 is 0 Å². The largest absolute Gasteiger partial charge is 0.467 e. The SMILES string of the molecule is CCCNC(=O)c1nc(C(=O)NCc2ccco2)n2ccccc12. The summed E-state index contributed by atoms with van der Waals surface area (Å²) >= 11 is 0. The van der Waals surface area contributed by atoms with E-state index < -0.39 is 0 Å². The van der Waals surface area contributed by atoms with Gasteiger partial charge in [-0.25, -0.2) is 4.98 Å². The van der Waals surface area contributed by atoms with Crippen LogP contribution in [0.25, 0.3) is 5.52 Å². The van der Waals surface area contributed by atoms with Crippen LogP contribution in [-0.4, -0.2) is 27.7 Å². The summed E-state index contributed by atoms with van der Waals surface area (Å²) in [5.74, 6) is 0.150. The predicted octanol–water partition coefficient (Wildman–Crippen LogP) is 2.00. The van der Waals surface area contributed by atoms with Gasteiger partial charge >= 0.3 is 0 Å². The Labute approximate surface area is 138 Å². The highest BCUT2D eigenvalue weighted by Gasteiger charge is 2.21. The van der Waals surface area contributed by atoms with E-state index in [9.17, 15) is 9.59 Å². The molecular formula is C17H18N4O3. The van der Waals surface area contributed by atoms with Gasteiger partial charge in [-0.2, -0.15) is 0 Å². The minimum absolute atomic E-state index is 0.166. The second-order valence-corrected chi connectivity index (χ2v) is 5.26. The molecule has 124 valence electrons. The number of fused-ring (bicyclic) bond motifs is 1. The molecule has 3 aromatic heterocycles. The third-order valence-electron chi connectivity index (χ3n) is 3.51. The van der Waals surface area contributed by atoms with Crippen molar-refractivity contribution in [3.05, 3.63) is 60.1 Å². The lowest BCUT2D eigenvalue weighted by Crippen LogP contribution is -2.26. The lowest BCUT2D eigenvalue weighted by atomic mass is 10.3. The molecule has 2 amide bonds. The Bertz CT molecular complexity index is 852. The molecule has 0 aliphatic rings. The van der Waals surface area contributed by atoms with Crippen molar-refractivity contribution in [1.29, 1.82) is 0 Å². The van der Waals surface area contributed by atoms with Crippen molar-refractivity contribution in [2.24, 2.45) is 0 Å². The average molecular weight is 326 g/mol. The number of carbonyl (C=O) groups excluding carboxylic acids is 2. The maximum absolute atomic E-state index is 12.4. The summed E-state index contributed by atoms with van der Waals surface area (Å²) in [5.41, 5.74) is 0.835. The van der Waals surface area contributed by atoms with Gasteiger partial charge in [-0.15, -0.1) is 0 Å². The van der Waals surface area contributed by atoms with Crippen molar-refractivity contribution in [1.82, 2.24) is 20.0 Å². The van der Waals surface area contributed by atoms with Crippen LogP contribution in [0.2, 0.25) is 0 Å². The Hall–Kier alpha value is -3.09. The van der Waals surface area contributed by atoms with Gasteiger partial charge in [0, 0.05) is 12.7 Å². The fourth-order valence-corrected chi connectivity index (χ4v) is 2.35. The van der Waals surface area contributed by atoms with Crippen molar-refractivity contribution in [2.75, 3.05) is 6.54 Å². The Balaban J connectivity index is 1.87. The molecule has 0 saturated carbocycles. The summed E-state index contributed by atoms with van der Waals surface area (Å²) < 4.78 is 6.80. The first kappa shape index (κ1) is 15.8. The third kappa shape index (κ3) is 3.15. The van der Waals surface area contributed by atoms with Crippen LogP contribution in [0, 0.1) is 0 Å². The lowest BCUT2D eigenvalue weighted by Gasteiger charge is -2.02. The van der Waals surface area contributed by atoms with E-state index in [-0.39, 0.29) is 29.9 Å². The molecule has 24 heavy (non-hydrogen) atoms. The number of hydrogen-bond acceptors (Lipinski definition) is 4. The maximum Gasteiger partial charge on any atom is 0.288 e. The Kier molecular flexibility index (Phi) is 4.60. The number of rotatable bonds is 6. The maximum atomic E-state index is 12.4. The van der Waals surface area contributed by atoms with Crippen LogP contribution in [-0.2, 0) is 6.54 Å². The molecule has 7 nitrogen and oxygen atoms in total. The number of nitrogens with zero attached hydrogens (tertiary/aromatic N) is 2. The molecule has 0 radical (unpaired) electrons. The molecule has 7 heteroatoms. The molecule has 0 fully saturated rings. The van der Waals surface area contributed by atoms with Crippen LogP contribution in [0.4, 0.5) is 0 Å². The van der Waals surface area contributed by atoms with Gasteiger partial charge in [-0.3, -0.25) is 14.0 Å². The highest BCUT2D eigenvalue weighted by Crippen LogP contribution is 2.13. The normalized spacial score (nSPS) is 10.7. The van der Waals surface area contributed by atoms with Crippen molar-refractivity contribution in [3.8, 4) is 0 Å². The van der Waals surface area contributed by atoms with Crippen molar-refractivity contribution in [2.45, 2.75) is 19.9 Å². The summed E-state index contributed by atoms with van der Waals surface area (Å²) in [6, 6.07) is 8.87.